The van der Waals surface area contributed by atoms with Crippen molar-refractivity contribution < 1.29 is 9.59 Å². The van der Waals surface area contributed by atoms with Crippen LogP contribution in [0.4, 0.5) is 0 Å². The molecule has 4 nitrogen and oxygen atoms in total. The number of carbonyl (C=O) groups is 2. The van der Waals surface area contributed by atoms with Crippen molar-refractivity contribution in [3.8, 4) is 0 Å². The average Bonchev–Trinajstić information content (AvgIpc) is 2.54. The largest absolute Gasteiger partial charge is 0.354 e. The fourth-order valence-electron chi connectivity index (χ4n) is 1.99. The maximum Gasteiger partial charge on any atom is 0.262 e. The molecular weight excluding hydrogens is 248 g/mol. The quantitative estimate of drug-likeness (QED) is 0.857. The molecule has 0 bridgehead atoms. The molecule has 2 heterocycles. The lowest BCUT2D eigenvalue weighted by atomic mass is 10.1. The van der Waals surface area contributed by atoms with Gasteiger partial charge in [-0.05, 0) is 44.7 Å². The molecule has 0 saturated carbocycles. The Morgan fingerprint density at radius 1 is 1.44 bits per heavy atom. The summed E-state index contributed by atoms with van der Waals surface area (Å²) in [6, 6.07) is 1.49. The van der Waals surface area contributed by atoms with Crippen LogP contribution in [0.2, 0.25) is 0 Å². The van der Waals surface area contributed by atoms with Gasteiger partial charge in [-0.2, -0.15) is 0 Å². The molecule has 0 spiro atoms. The van der Waals surface area contributed by atoms with E-state index in [2.05, 4.69) is 10.6 Å². The standard InChI is InChI=1S/C13H18N2O2S/c1-8-7-11(18-9(8)2)13(17)15-10-5-3-4-6-14-12(10)16/h7,10H,3-6H2,1-2H3,(H,14,16)(H,15,17)/t10-/m1/s1. The third-order valence-corrected chi connectivity index (χ3v) is 4.38. The number of hydrogen-bond donors (Lipinski definition) is 2. The molecule has 1 aliphatic heterocycles. The van der Waals surface area contributed by atoms with Gasteiger partial charge < -0.3 is 10.6 Å². The first-order chi connectivity index (χ1) is 8.58. The summed E-state index contributed by atoms with van der Waals surface area (Å²) < 4.78 is 0. The van der Waals surface area contributed by atoms with Gasteiger partial charge in [0.15, 0.2) is 0 Å². The van der Waals surface area contributed by atoms with Crippen molar-refractivity contribution in [2.24, 2.45) is 0 Å². The van der Waals surface area contributed by atoms with Crippen LogP contribution in [0.5, 0.6) is 0 Å². The molecule has 2 rings (SSSR count). The Bertz CT molecular complexity index is 448. The summed E-state index contributed by atoms with van der Waals surface area (Å²) in [5.41, 5.74) is 1.12. The summed E-state index contributed by atoms with van der Waals surface area (Å²) in [7, 11) is 0. The van der Waals surface area contributed by atoms with E-state index in [1.807, 2.05) is 19.9 Å². The monoisotopic (exact) mass is 266 g/mol. The molecule has 1 aliphatic rings. The Hall–Kier alpha value is -1.36. The zero-order chi connectivity index (χ0) is 13.1. The summed E-state index contributed by atoms with van der Waals surface area (Å²) in [5.74, 6) is -0.205. The molecule has 1 saturated heterocycles. The molecule has 1 aromatic rings. The second kappa shape index (κ2) is 5.52. The fourth-order valence-corrected chi connectivity index (χ4v) is 2.93. The SMILES string of the molecule is Cc1cc(C(=O)N[C@@H]2CCCCNC2=O)sc1C. The Balaban J connectivity index is 2.03. The van der Waals surface area contributed by atoms with E-state index in [0.717, 1.165) is 29.7 Å². The van der Waals surface area contributed by atoms with E-state index in [4.69, 9.17) is 0 Å². The van der Waals surface area contributed by atoms with E-state index in [1.165, 1.54) is 11.3 Å². The average molecular weight is 266 g/mol. The summed E-state index contributed by atoms with van der Waals surface area (Å²) >= 11 is 1.47. The molecule has 2 N–H and O–H groups in total. The maximum absolute atomic E-state index is 12.1. The van der Waals surface area contributed by atoms with E-state index >= 15 is 0 Å². The van der Waals surface area contributed by atoms with Gasteiger partial charge in [-0.25, -0.2) is 0 Å². The molecule has 1 atom stereocenters. The first-order valence-corrected chi connectivity index (χ1v) is 7.05. The molecule has 1 aromatic heterocycles. The van der Waals surface area contributed by atoms with E-state index in [9.17, 15) is 9.59 Å². The number of thiophene rings is 1. The lowest BCUT2D eigenvalue weighted by molar-refractivity contribution is -0.122. The summed E-state index contributed by atoms with van der Waals surface area (Å²) in [6.45, 7) is 4.69. The third kappa shape index (κ3) is 2.90. The van der Waals surface area contributed by atoms with Gasteiger partial charge in [-0.15, -0.1) is 11.3 Å². The zero-order valence-corrected chi connectivity index (χ0v) is 11.5. The number of amides is 2. The number of aryl methyl sites for hydroxylation is 2. The predicted octanol–water partition coefficient (Wildman–Crippen LogP) is 1.76. The van der Waals surface area contributed by atoms with Crippen molar-refractivity contribution in [3.63, 3.8) is 0 Å². The minimum Gasteiger partial charge on any atom is -0.354 e. The lowest BCUT2D eigenvalue weighted by Crippen LogP contribution is -2.45. The molecule has 98 valence electrons. The van der Waals surface area contributed by atoms with Crippen molar-refractivity contribution in [1.82, 2.24) is 10.6 Å². The normalized spacial score (nSPS) is 20.1. The number of hydrogen-bond acceptors (Lipinski definition) is 3. The molecule has 0 radical (unpaired) electrons. The third-order valence-electron chi connectivity index (χ3n) is 3.23. The van der Waals surface area contributed by atoms with Crippen molar-refractivity contribution >= 4 is 23.2 Å². The van der Waals surface area contributed by atoms with Gasteiger partial charge in [-0.1, -0.05) is 0 Å². The van der Waals surface area contributed by atoms with Crippen LogP contribution in [0, 0.1) is 13.8 Å². The van der Waals surface area contributed by atoms with Crippen LogP contribution in [-0.2, 0) is 4.79 Å². The highest BCUT2D eigenvalue weighted by Crippen LogP contribution is 2.20. The smallest absolute Gasteiger partial charge is 0.262 e. The summed E-state index contributed by atoms with van der Waals surface area (Å²) in [6.07, 6.45) is 2.67. The molecule has 0 unspecified atom stereocenters. The van der Waals surface area contributed by atoms with Crippen molar-refractivity contribution in [2.45, 2.75) is 39.2 Å². The molecule has 5 heteroatoms. The van der Waals surface area contributed by atoms with E-state index in [0.29, 0.717) is 11.4 Å². The second-order valence-corrected chi connectivity index (χ2v) is 5.92. The van der Waals surface area contributed by atoms with Crippen molar-refractivity contribution in [3.05, 3.63) is 21.4 Å². The molecule has 0 aromatic carbocycles. The van der Waals surface area contributed by atoms with Crippen LogP contribution >= 0.6 is 11.3 Å². The maximum atomic E-state index is 12.1. The minimum absolute atomic E-state index is 0.0640. The van der Waals surface area contributed by atoms with Gasteiger partial charge in [0.1, 0.15) is 6.04 Å². The molecule has 1 fully saturated rings. The summed E-state index contributed by atoms with van der Waals surface area (Å²) in [4.78, 5) is 25.6. The van der Waals surface area contributed by atoms with Crippen LogP contribution in [0.1, 0.15) is 39.4 Å². The van der Waals surface area contributed by atoms with E-state index in [1.54, 1.807) is 0 Å². The highest BCUT2D eigenvalue weighted by molar-refractivity contribution is 7.14. The van der Waals surface area contributed by atoms with Crippen molar-refractivity contribution in [1.29, 1.82) is 0 Å². The Morgan fingerprint density at radius 3 is 2.89 bits per heavy atom. The van der Waals surface area contributed by atoms with E-state index in [-0.39, 0.29) is 17.9 Å². The molecule has 0 aliphatic carbocycles. The lowest BCUT2D eigenvalue weighted by Gasteiger charge is -2.14. The van der Waals surface area contributed by atoms with Crippen LogP contribution in [-0.4, -0.2) is 24.4 Å². The number of nitrogens with one attached hydrogen (secondary N) is 2. The fraction of sp³-hybridized carbons (Fsp3) is 0.538. The minimum atomic E-state index is -0.386. The highest BCUT2D eigenvalue weighted by Gasteiger charge is 2.23. The Morgan fingerprint density at radius 2 is 2.22 bits per heavy atom. The van der Waals surface area contributed by atoms with Crippen molar-refractivity contribution in [2.75, 3.05) is 6.54 Å². The molecule has 2 amide bonds. The van der Waals surface area contributed by atoms with E-state index < -0.39 is 0 Å². The van der Waals surface area contributed by atoms with Gasteiger partial charge in [0.05, 0.1) is 4.88 Å². The van der Waals surface area contributed by atoms with Crippen LogP contribution in [0.3, 0.4) is 0 Å². The first-order valence-electron chi connectivity index (χ1n) is 6.23. The number of rotatable bonds is 2. The highest BCUT2D eigenvalue weighted by atomic mass is 32.1. The van der Waals surface area contributed by atoms with Crippen LogP contribution in [0.25, 0.3) is 0 Å². The van der Waals surface area contributed by atoms with Gasteiger partial charge in [0.2, 0.25) is 5.91 Å². The van der Waals surface area contributed by atoms with Crippen LogP contribution in [0.15, 0.2) is 6.07 Å². The second-order valence-electron chi connectivity index (χ2n) is 4.66. The van der Waals surface area contributed by atoms with Gasteiger partial charge in [0, 0.05) is 11.4 Å². The Kier molecular flexibility index (Phi) is 4.01. The van der Waals surface area contributed by atoms with Gasteiger partial charge in [-0.3, -0.25) is 9.59 Å². The molecule has 18 heavy (non-hydrogen) atoms. The topological polar surface area (TPSA) is 58.2 Å². The molecular formula is C13H18N2O2S. The zero-order valence-electron chi connectivity index (χ0n) is 10.7. The Labute approximate surface area is 111 Å². The first kappa shape index (κ1) is 13.1. The summed E-state index contributed by atoms with van der Waals surface area (Å²) in [5, 5.41) is 5.64. The van der Waals surface area contributed by atoms with Gasteiger partial charge in [0.25, 0.3) is 5.91 Å². The predicted molar refractivity (Wildman–Crippen MR) is 71.9 cm³/mol. The van der Waals surface area contributed by atoms with Crippen LogP contribution < -0.4 is 10.6 Å². The number of carbonyl (C=O) groups excluding carboxylic acids is 2. The van der Waals surface area contributed by atoms with Gasteiger partial charge >= 0.3 is 0 Å².